The summed E-state index contributed by atoms with van der Waals surface area (Å²) in [5.74, 6) is -0.395. The number of hydrogen-bond acceptors (Lipinski definition) is 2. The molecule has 0 saturated heterocycles. The van der Waals surface area contributed by atoms with Gasteiger partial charge in [0.15, 0.2) is 0 Å². The minimum absolute atomic E-state index is 0. The number of ether oxygens (including phenoxy) is 1. The average molecular weight is 371 g/mol. The quantitative estimate of drug-likeness (QED) is 0.733. The van der Waals surface area contributed by atoms with E-state index in [2.05, 4.69) is 5.73 Å². The first-order valence-electron chi connectivity index (χ1n) is 5.58. The second-order valence-corrected chi connectivity index (χ2v) is 6.28. The first kappa shape index (κ1) is 18.7. The molecule has 0 aromatic heterocycles. The Morgan fingerprint density at radius 2 is 1.68 bits per heavy atom. The second kappa shape index (κ2) is 6.44. The third-order valence-corrected chi connectivity index (χ3v) is 3.15. The maximum atomic E-state index is 12.1. The van der Waals surface area contributed by atoms with Crippen LogP contribution in [0.4, 0.5) is 0 Å². The van der Waals surface area contributed by atoms with Gasteiger partial charge in [0.1, 0.15) is 5.60 Å². The third-order valence-electron chi connectivity index (χ3n) is 2.41. The van der Waals surface area contributed by atoms with Gasteiger partial charge >= 0.3 is 5.97 Å². The monoisotopic (exact) mass is 369 g/mol. The van der Waals surface area contributed by atoms with Crippen molar-refractivity contribution in [3.05, 3.63) is 33.8 Å². The van der Waals surface area contributed by atoms with Gasteiger partial charge in [0.2, 0.25) is 5.54 Å². The molecule has 1 rings (SSSR count). The molecule has 3 N–H and O–H groups in total. The average Bonchev–Trinajstić information content (AvgIpc) is 2.19. The molecule has 1 atom stereocenters. The van der Waals surface area contributed by atoms with Crippen LogP contribution in [0.1, 0.15) is 33.3 Å². The van der Waals surface area contributed by atoms with Crippen LogP contribution in [0.2, 0.25) is 10.0 Å². The van der Waals surface area contributed by atoms with Crippen LogP contribution in [0.3, 0.4) is 0 Å². The predicted octanol–water partition coefficient (Wildman–Crippen LogP) is -0.204. The van der Waals surface area contributed by atoms with Crippen LogP contribution in [0.15, 0.2) is 18.2 Å². The van der Waals surface area contributed by atoms with Crippen molar-refractivity contribution in [3.63, 3.8) is 0 Å². The SMILES string of the molecule is CC(C)(C)OC(=O)C(C)([NH3+])c1ccc(Cl)c(Cl)c1.[Br-]. The molecule has 6 heteroatoms. The summed E-state index contributed by atoms with van der Waals surface area (Å²) in [5, 5.41) is 0.841. The van der Waals surface area contributed by atoms with E-state index >= 15 is 0 Å². The minimum Gasteiger partial charge on any atom is -1.00 e. The summed E-state index contributed by atoms with van der Waals surface area (Å²) >= 11 is 11.8. The van der Waals surface area contributed by atoms with Crippen LogP contribution in [0.25, 0.3) is 0 Å². The number of esters is 1. The molecule has 1 unspecified atom stereocenters. The van der Waals surface area contributed by atoms with Gasteiger partial charge in [-0.25, -0.2) is 4.79 Å². The number of carbonyl (C=O) groups excluding carboxylic acids is 1. The molecule has 0 aliphatic heterocycles. The number of rotatable bonds is 2. The number of hydrogen-bond donors (Lipinski definition) is 1. The minimum atomic E-state index is -1.01. The summed E-state index contributed by atoms with van der Waals surface area (Å²) < 4.78 is 5.35. The largest absolute Gasteiger partial charge is 1.00 e. The van der Waals surface area contributed by atoms with Crippen LogP contribution in [-0.2, 0) is 15.1 Å². The summed E-state index contributed by atoms with van der Waals surface area (Å²) in [5.41, 5.74) is 3.03. The standard InChI is InChI=1S/C13H17Cl2NO2.BrH/c1-12(2,3)18-11(17)13(4,16)8-5-6-9(14)10(15)7-8;/h5-7H,16H2,1-4H3;1H. The lowest BCUT2D eigenvalue weighted by molar-refractivity contribution is -0.466. The van der Waals surface area contributed by atoms with Crippen molar-refractivity contribution in [2.24, 2.45) is 0 Å². The van der Waals surface area contributed by atoms with E-state index in [1.807, 2.05) is 20.8 Å². The first-order chi connectivity index (χ1) is 8.04. The van der Waals surface area contributed by atoms with E-state index in [1.54, 1.807) is 25.1 Å². The van der Waals surface area contributed by atoms with Crippen LogP contribution in [0, 0.1) is 0 Å². The highest BCUT2D eigenvalue weighted by Crippen LogP contribution is 2.28. The van der Waals surface area contributed by atoms with Gasteiger partial charge in [0.25, 0.3) is 0 Å². The molecule has 0 fully saturated rings. The van der Waals surface area contributed by atoms with Gasteiger partial charge in [-0.3, -0.25) is 0 Å². The van der Waals surface area contributed by atoms with E-state index < -0.39 is 17.1 Å². The molecule has 0 amide bonds. The first-order valence-corrected chi connectivity index (χ1v) is 6.34. The fourth-order valence-corrected chi connectivity index (χ4v) is 1.65. The molecule has 0 radical (unpaired) electrons. The van der Waals surface area contributed by atoms with E-state index in [0.717, 1.165) is 0 Å². The molecule has 0 heterocycles. The topological polar surface area (TPSA) is 53.9 Å². The van der Waals surface area contributed by atoms with Crippen LogP contribution in [-0.4, -0.2) is 11.6 Å². The van der Waals surface area contributed by atoms with Crippen molar-refractivity contribution in [2.45, 2.75) is 38.8 Å². The molecular weight excluding hydrogens is 353 g/mol. The summed E-state index contributed by atoms with van der Waals surface area (Å²) in [6, 6.07) is 5.01. The zero-order valence-corrected chi connectivity index (χ0v) is 14.5. The Hall–Kier alpha value is -0.290. The van der Waals surface area contributed by atoms with Gasteiger partial charge in [-0.2, -0.15) is 0 Å². The third kappa shape index (κ3) is 4.95. The molecular formula is C13H18BrCl2NO2. The van der Waals surface area contributed by atoms with Crippen LogP contribution in [0.5, 0.6) is 0 Å². The Morgan fingerprint density at radius 3 is 2.11 bits per heavy atom. The molecule has 19 heavy (non-hydrogen) atoms. The van der Waals surface area contributed by atoms with E-state index in [1.165, 1.54) is 0 Å². The Morgan fingerprint density at radius 1 is 1.16 bits per heavy atom. The smallest absolute Gasteiger partial charge is 0.373 e. The van der Waals surface area contributed by atoms with E-state index in [0.29, 0.717) is 15.6 Å². The predicted molar refractivity (Wildman–Crippen MR) is 72.5 cm³/mol. The highest BCUT2D eigenvalue weighted by Gasteiger charge is 2.39. The van der Waals surface area contributed by atoms with E-state index in [-0.39, 0.29) is 17.0 Å². The molecule has 1 aromatic carbocycles. The summed E-state index contributed by atoms with van der Waals surface area (Å²) in [6.07, 6.45) is 0. The highest BCUT2D eigenvalue weighted by atomic mass is 79.9. The van der Waals surface area contributed by atoms with E-state index in [4.69, 9.17) is 27.9 Å². The molecule has 0 saturated carbocycles. The van der Waals surface area contributed by atoms with Crippen molar-refractivity contribution >= 4 is 29.2 Å². The molecule has 0 bridgehead atoms. The van der Waals surface area contributed by atoms with E-state index in [9.17, 15) is 4.79 Å². The van der Waals surface area contributed by atoms with Crippen molar-refractivity contribution in [3.8, 4) is 0 Å². The number of benzene rings is 1. The van der Waals surface area contributed by atoms with Crippen molar-refractivity contribution in [1.29, 1.82) is 0 Å². The molecule has 0 aliphatic carbocycles. The Balaban J connectivity index is 0.00000324. The number of carbonyl (C=O) groups is 1. The molecule has 0 aliphatic rings. The van der Waals surface area contributed by atoms with Gasteiger partial charge in [-0.1, -0.05) is 29.3 Å². The van der Waals surface area contributed by atoms with Crippen molar-refractivity contribution in [1.82, 2.24) is 0 Å². The second-order valence-electron chi connectivity index (χ2n) is 5.46. The fourth-order valence-electron chi connectivity index (χ4n) is 1.35. The zero-order chi connectivity index (χ0) is 14.1. The lowest BCUT2D eigenvalue weighted by atomic mass is 9.93. The van der Waals surface area contributed by atoms with Crippen LogP contribution < -0.4 is 22.7 Å². The molecule has 1 aromatic rings. The Kier molecular flexibility index (Phi) is 6.34. The highest BCUT2D eigenvalue weighted by molar-refractivity contribution is 6.42. The normalized spacial score (nSPS) is 14.3. The molecule has 0 spiro atoms. The Bertz CT molecular complexity index is 470. The van der Waals surface area contributed by atoms with Gasteiger partial charge in [0, 0.05) is 12.5 Å². The zero-order valence-electron chi connectivity index (χ0n) is 11.4. The lowest BCUT2D eigenvalue weighted by Gasteiger charge is -2.26. The molecule has 3 nitrogen and oxygen atoms in total. The summed E-state index contributed by atoms with van der Waals surface area (Å²) in [4.78, 5) is 12.1. The number of quaternary nitrogens is 1. The number of halogens is 3. The van der Waals surface area contributed by atoms with Gasteiger partial charge in [-0.05, 0) is 32.9 Å². The molecule has 108 valence electrons. The van der Waals surface area contributed by atoms with Crippen LogP contribution >= 0.6 is 23.2 Å². The maximum absolute atomic E-state index is 12.1. The van der Waals surface area contributed by atoms with Gasteiger partial charge in [-0.15, -0.1) is 0 Å². The maximum Gasteiger partial charge on any atom is 0.373 e. The fraction of sp³-hybridized carbons (Fsp3) is 0.462. The Labute approximate surface area is 134 Å². The summed E-state index contributed by atoms with van der Waals surface area (Å²) in [7, 11) is 0. The van der Waals surface area contributed by atoms with Crippen molar-refractivity contribution < 1.29 is 32.2 Å². The van der Waals surface area contributed by atoms with Gasteiger partial charge in [0.05, 0.1) is 10.0 Å². The van der Waals surface area contributed by atoms with Gasteiger partial charge < -0.3 is 27.5 Å². The van der Waals surface area contributed by atoms with Crippen molar-refractivity contribution in [2.75, 3.05) is 0 Å². The summed E-state index contributed by atoms with van der Waals surface area (Å²) in [6.45, 7) is 7.14. The lowest BCUT2D eigenvalue weighted by Crippen LogP contribution is -3.00.